The zero-order chi connectivity index (χ0) is 19.3. The number of amides is 1. The van der Waals surface area contributed by atoms with Crippen LogP contribution in [-0.4, -0.2) is 21.9 Å². The van der Waals surface area contributed by atoms with Gasteiger partial charge in [0.05, 0.1) is 5.56 Å². The van der Waals surface area contributed by atoms with E-state index in [0.29, 0.717) is 26.8 Å². The number of anilines is 1. The maximum absolute atomic E-state index is 12.8. The van der Waals surface area contributed by atoms with Gasteiger partial charge in [-0.3, -0.25) is 14.9 Å². The summed E-state index contributed by atoms with van der Waals surface area (Å²) in [6.45, 7) is 0. The highest BCUT2D eigenvalue weighted by Crippen LogP contribution is 2.26. The fourth-order valence-electron chi connectivity index (χ4n) is 2.76. The SMILES string of the molecule is O=C(Nc1nnc(-c2ccccc2)s1)c1ccccc1C(=O)c1ccccc1. The van der Waals surface area contributed by atoms with E-state index in [9.17, 15) is 9.59 Å². The summed E-state index contributed by atoms with van der Waals surface area (Å²) in [6.07, 6.45) is 0. The largest absolute Gasteiger partial charge is 0.296 e. The van der Waals surface area contributed by atoms with Crippen LogP contribution in [0.15, 0.2) is 84.9 Å². The molecule has 0 aliphatic rings. The lowest BCUT2D eigenvalue weighted by molar-refractivity contribution is 0.0996. The first-order valence-electron chi connectivity index (χ1n) is 8.61. The predicted molar refractivity (Wildman–Crippen MR) is 110 cm³/mol. The zero-order valence-electron chi connectivity index (χ0n) is 14.7. The molecule has 4 aromatic rings. The van der Waals surface area contributed by atoms with E-state index in [2.05, 4.69) is 15.5 Å². The number of ketones is 1. The summed E-state index contributed by atoms with van der Waals surface area (Å²) in [4.78, 5) is 25.6. The number of nitrogens with one attached hydrogen (secondary N) is 1. The summed E-state index contributed by atoms with van der Waals surface area (Å²) < 4.78 is 0. The molecule has 28 heavy (non-hydrogen) atoms. The van der Waals surface area contributed by atoms with Crippen LogP contribution >= 0.6 is 11.3 Å². The van der Waals surface area contributed by atoms with Crippen molar-refractivity contribution in [3.8, 4) is 10.6 Å². The van der Waals surface area contributed by atoms with Crippen molar-refractivity contribution in [2.75, 3.05) is 5.32 Å². The normalized spacial score (nSPS) is 10.4. The van der Waals surface area contributed by atoms with E-state index in [1.165, 1.54) is 11.3 Å². The highest BCUT2D eigenvalue weighted by molar-refractivity contribution is 7.18. The molecule has 0 aliphatic carbocycles. The van der Waals surface area contributed by atoms with E-state index in [1.54, 1.807) is 48.5 Å². The highest BCUT2D eigenvalue weighted by Gasteiger charge is 2.19. The molecule has 136 valence electrons. The summed E-state index contributed by atoms with van der Waals surface area (Å²) in [5, 5.41) is 12.0. The van der Waals surface area contributed by atoms with E-state index in [1.807, 2.05) is 36.4 Å². The van der Waals surface area contributed by atoms with E-state index < -0.39 is 5.91 Å². The number of carbonyl (C=O) groups excluding carboxylic acids is 2. The molecule has 4 rings (SSSR count). The van der Waals surface area contributed by atoms with Gasteiger partial charge in [0.1, 0.15) is 5.01 Å². The molecule has 1 amide bonds. The van der Waals surface area contributed by atoms with E-state index in [-0.39, 0.29) is 5.78 Å². The van der Waals surface area contributed by atoms with Gasteiger partial charge in [0.25, 0.3) is 5.91 Å². The van der Waals surface area contributed by atoms with E-state index >= 15 is 0 Å². The molecule has 0 saturated carbocycles. The fraction of sp³-hybridized carbons (Fsp3) is 0. The standard InChI is InChI=1S/C22H15N3O2S/c26-19(15-9-3-1-4-10-15)17-13-7-8-14-18(17)20(27)23-22-25-24-21(28-22)16-11-5-2-6-12-16/h1-14H,(H,23,25,27). The third-order valence-electron chi connectivity index (χ3n) is 4.12. The number of benzene rings is 3. The van der Waals surface area contributed by atoms with Crippen molar-refractivity contribution >= 4 is 28.2 Å². The Bertz CT molecular complexity index is 1120. The predicted octanol–water partition coefficient (Wildman–Crippen LogP) is 4.69. The molecule has 1 N–H and O–H groups in total. The lowest BCUT2D eigenvalue weighted by atomic mass is 9.98. The molecule has 0 atom stereocenters. The van der Waals surface area contributed by atoms with Crippen molar-refractivity contribution < 1.29 is 9.59 Å². The van der Waals surface area contributed by atoms with Crippen molar-refractivity contribution in [2.24, 2.45) is 0 Å². The minimum absolute atomic E-state index is 0.200. The Morgan fingerprint density at radius 2 is 1.32 bits per heavy atom. The number of carbonyl (C=O) groups is 2. The Morgan fingerprint density at radius 1 is 0.714 bits per heavy atom. The topological polar surface area (TPSA) is 72.0 Å². The number of nitrogens with zero attached hydrogens (tertiary/aromatic N) is 2. The Morgan fingerprint density at radius 3 is 2.04 bits per heavy atom. The molecule has 0 bridgehead atoms. The maximum Gasteiger partial charge on any atom is 0.258 e. The number of rotatable bonds is 5. The third-order valence-corrected chi connectivity index (χ3v) is 5.01. The minimum atomic E-state index is -0.393. The quantitative estimate of drug-likeness (QED) is 0.506. The Hall–Kier alpha value is -3.64. The molecule has 5 nitrogen and oxygen atoms in total. The molecule has 0 aliphatic heterocycles. The fourth-order valence-corrected chi connectivity index (χ4v) is 3.50. The van der Waals surface area contributed by atoms with Gasteiger partial charge >= 0.3 is 0 Å². The average Bonchev–Trinajstić information content (AvgIpc) is 3.23. The van der Waals surface area contributed by atoms with Crippen molar-refractivity contribution in [1.29, 1.82) is 0 Å². The van der Waals surface area contributed by atoms with Gasteiger partial charge in [-0.25, -0.2) is 0 Å². The second kappa shape index (κ2) is 7.94. The van der Waals surface area contributed by atoms with Crippen molar-refractivity contribution in [2.45, 2.75) is 0 Å². The minimum Gasteiger partial charge on any atom is -0.296 e. The van der Waals surface area contributed by atoms with Crippen molar-refractivity contribution in [1.82, 2.24) is 10.2 Å². The van der Waals surface area contributed by atoms with Crippen LogP contribution in [0.2, 0.25) is 0 Å². The highest BCUT2D eigenvalue weighted by atomic mass is 32.1. The first kappa shape index (κ1) is 17.8. The summed E-state index contributed by atoms with van der Waals surface area (Å²) >= 11 is 1.28. The lowest BCUT2D eigenvalue weighted by Gasteiger charge is -2.08. The van der Waals surface area contributed by atoms with Crippen LogP contribution in [-0.2, 0) is 0 Å². The van der Waals surface area contributed by atoms with Gasteiger partial charge in [-0.1, -0.05) is 90.2 Å². The van der Waals surface area contributed by atoms with Crippen LogP contribution in [0.5, 0.6) is 0 Å². The van der Waals surface area contributed by atoms with Gasteiger partial charge in [-0.05, 0) is 6.07 Å². The van der Waals surface area contributed by atoms with E-state index in [4.69, 9.17) is 0 Å². The van der Waals surface area contributed by atoms with Gasteiger partial charge < -0.3 is 0 Å². The van der Waals surface area contributed by atoms with Crippen LogP contribution in [0.4, 0.5) is 5.13 Å². The van der Waals surface area contributed by atoms with E-state index in [0.717, 1.165) is 5.56 Å². The number of hydrogen-bond donors (Lipinski definition) is 1. The average molecular weight is 385 g/mol. The van der Waals surface area contributed by atoms with Crippen molar-refractivity contribution in [3.05, 3.63) is 102 Å². The van der Waals surface area contributed by atoms with Gasteiger partial charge in [0.15, 0.2) is 5.78 Å². The summed E-state index contributed by atoms with van der Waals surface area (Å²) in [6, 6.07) is 25.3. The van der Waals surface area contributed by atoms with Gasteiger partial charge in [0.2, 0.25) is 5.13 Å². The van der Waals surface area contributed by atoms with Crippen LogP contribution in [0.1, 0.15) is 26.3 Å². The molecule has 0 saturated heterocycles. The summed E-state index contributed by atoms with van der Waals surface area (Å²) in [7, 11) is 0. The second-order valence-corrected chi connectivity index (χ2v) is 6.95. The Labute approximate surface area is 165 Å². The first-order chi connectivity index (χ1) is 13.7. The van der Waals surface area contributed by atoms with Crippen molar-refractivity contribution in [3.63, 3.8) is 0 Å². The lowest BCUT2D eigenvalue weighted by Crippen LogP contribution is -2.16. The zero-order valence-corrected chi connectivity index (χ0v) is 15.5. The van der Waals surface area contributed by atoms with Crippen LogP contribution in [0.25, 0.3) is 10.6 Å². The molecule has 3 aromatic carbocycles. The molecule has 1 aromatic heterocycles. The Balaban J connectivity index is 1.58. The summed E-state index contributed by atoms with van der Waals surface area (Å²) in [5.74, 6) is -0.593. The molecular weight excluding hydrogens is 370 g/mol. The monoisotopic (exact) mass is 385 g/mol. The molecule has 0 fully saturated rings. The maximum atomic E-state index is 12.8. The number of hydrogen-bond acceptors (Lipinski definition) is 5. The molecule has 0 spiro atoms. The third kappa shape index (κ3) is 3.72. The number of aromatic nitrogens is 2. The van der Waals surface area contributed by atoms with Gasteiger partial charge in [0, 0.05) is 16.7 Å². The van der Waals surface area contributed by atoms with Crippen LogP contribution < -0.4 is 5.32 Å². The summed E-state index contributed by atoms with van der Waals surface area (Å²) in [5.41, 5.74) is 2.11. The molecule has 6 heteroatoms. The first-order valence-corrected chi connectivity index (χ1v) is 9.43. The van der Waals surface area contributed by atoms with Crippen LogP contribution in [0.3, 0.4) is 0 Å². The molecule has 1 heterocycles. The van der Waals surface area contributed by atoms with Gasteiger partial charge in [-0.2, -0.15) is 0 Å². The molecule has 0 unspecified atom stereocenters. The Kier molecular flexibility index (Phi) is 5.03. The molecular formula is C22H15N3O2S. The second-order valence-electron chi connectivity index (χ2n) is 5.97. The molecule has 0 radical (unpaired) electrons. The van der Waals surface area contributed by atoms with Gasteiger partial charge in [-0.15, -0.1) is 10.2 Å². The van der Waals surface area contributed by atoms with Crippen LogP contribution in [0, 0.1) is 0 Å². The smallest absolute Gasteiger partial charge is 0.258 e.